The molecule has 2 heterocycles. The number of aliphatic hydroxyl groups is 1. The molecule has 1 saturated heterocycles. The van der Waals surface area contributed by atoms with Crippen LogP contribution < -0.4 is 9.47 Å². The number of likely N-dealkylation sites (tertiary alicyclic amines) is 1. The van der Waals surface area contributed by atoms with Gasteiger partial charge in [0, 0.05) is 37.8 Å². The minimum atomic E-state index is -0.371. The zero-order valence-electron chi connectivity index (χ0n) is 21.6. The zero-order valence-corrected chi connectivity index (χ0v) is 21.6. The average molecular weight is 498 g/mol. The Bertz CT molecular complexity index is 1070. The van der Waals surface area contributed by atoms with E-state index in [0.29, 0.717) is 12.8 Å². The van der Waals surface area contributed by atoms with Crippen molar-refractivity contribution in [3.63, 3.8) is 0 Å². The van der Waals surface area contributed by atoms with Crippen LogP contribution in [0.25, 0.3) is 0 Å². The largest absolute Gasteiger partial charge is 0.484 e. The van der Waals surface area contributed by atoms with Crippen LogP contribution in [0.1, 0.15) is 56.1 Å². The van der Waals surface area contributed by atoms with E-state index >= 15 is 0 Å². The van der Waals surface area contributed by atoms with Gasteiger partial charge in [0.1, 0.15) is 18.5 Å². The molecule has 2 bridgehead atoms. The molecule has 7 heteroatoms. The lowest BCUT2D eigenvalue weighted by Crippen LogP contribution is -2.79. The summed E-state index contributed by atoms with van der Waals surface area (Å²) >= 11 is 0. The Balaban J connectivity index is 1.42. The smallest absolute Gasteiger partial charge is 0.188 e. The Labute approximate surface area is 213 Å². The number of piperidine rings is 1. The Morgan fingerprint density at radius 1 is 1.11 bits per heavy atom. The molecule has 4 aliphatic carbocycles. The topological polar surface area (TPSA) is 69.6 Å². The lowest BCUT2D eigenvalue weighted by atomic mass is 9.40. The van der Waals surface area contributed by atoms with Crippen LogP contribution in [0, 0.1) is 11.3 Å². The van der Waals surface area contributed by atoms with E-state index < -0.39 is 0 Å². The molecule has 7 nitrogen and oxygen atoms in total. The van der Waals surface area contributed by atoms with E-state index in [1.165, 1.54) is 36.1 Å². The van der Waals surface area contributed by atoms with Crippen molar-refractivity contribution in [1.29, 1.82) is 0 Å². The van der Waals surface area contributed by atoms with Crippen molar-refractivity contribution >= 4 is 0 Å². The van der Waals surface area contributed by atoms with Crippen molar-refractivity contribution in [3.8, 4) is 11.5 Å². The monoisotopic (exact) mass is 497 g/mol. The fourth-order valence-corrected chi connectivity index (χ4v) is 8.85. The van der Waals surface area contributed by atoms with Crippen molar-refractivity contribution in [3.05, 3.63) is 34.9 Å². The standard InChI is InChI=1S/C29H39NO6/c1-32-17-34-22-6-5-20-15-23-29(35-18-33-2)11-10-27(9-7-21(27)8-14-31)26-28(29,24(20)25(22)36-26)12-13-30(23)16-19-3-4-19/h5-6,8,19,23,26,31H,3-4,7,9-18H2,1-2H3/b21-8+/t23-,26+,27+,28+,29-/m1/s1. The van der Waals surface area contributed by atoms with Gasteiger partial charge in [0.2, 0.25) is 0 Å². The van der Waals surface area contributed by atoms with Crippen molar-refractivity contribution in [2.75, 3.05) is 47.5 Å². The molecule has 2 spiro atoms. The molecular formula is C29H39NO6. The third-order valence-corrected chi connectivity index (χ3v) is 10.5. The van der Waals surface area contributed by atoms with Crippen LogP contribution in [0.15, 0.2) is 23.8 Å². The van der Waals surface area contributed by atoms with E-state index in [4.69, 9.17) is 23.7 Å². The molecule has 4 fully saturated rings. The summed E-state index contributed by atoms with van der Waals surface area (Å²) in [6.07, 6.45) is 10.8. The summed E-state index contributed by atoms with van der Waals surface area (Å²) in [6, 6.07) is 4.64. The molecule has 0 radical (unpaired) electrons. The fourth-order valence-electron chi connectivity index (χ4n) is 8.85. The summed E-state index contributed by atoms with van der Waals surface area (Å²) in [6.45, 7) is 2.80. The Kier molecular flexibility index (Phi) is 5.50. The highest BCUT2D eigenvalue weighted by molar-refractivity contribution is 5.64. The molecule has 1 aromatic carbocycles. The van der Waals surface area contributed by atoms with Crippen LogP contribution in [-0.2, 0) is 26.0 Å². The fraction of sp³-hybridized carbons (Fsp3) is 0.724. The summed E-state index contributed by atoms with van der Waals surface area (Å²) < 4.78 is 31.0. The number of aliphatic hydroxyl groups excluding tert-OH is 1. The van der Waals surface area contributed by atoms with Gasteiger partial charge in [-0.05, 0) is 75.5 Å². The number of fused-ring (bicyclic) bond motifs is 1. The first kappa shape index (κ1) is 23.5. The molecule has 0 aromatic heterocycles. The van der Waals surface area contributed by atoms with Gasteiger partial charge >= 0.3 is 0 Å². The molecule has 5 atom stereocenters. The van der Waals surface area contributed by atoms with Crippen LogP contribution in [0.3, 0.4) is 0 Å². The molecule has 36 heavy (non-hydrogen) atoms. The molecular weight excluding hydrogens is 458 g/mol. The lowest BCUT2D eigenvalue weighted by molar-refractivity contribution is -0.265. The quantitative estimate of drug-likeness (QED) is 0.413. The van der Waals surface area contributed by atoms with E-state index in [1.807, 2.05) is 6.08 Å². The number of ether oxygens (including phenoxy) is 5. The maximum Gasteiger partial charge on any atom is 0.188 e. The Morgan fingerprint density at radius 3 is 2.69 bits per heavy atom. The predicted molar refractivity (Wildman–Crippen MR) is 133 cm³/mol. The Morgan fingerprint density at radius 2 is 1.97 bits per heavy atom. The van der Waals surface area contributed by atoms with Crippen molar-refractivity contribution in [2.24, 2.45) is 11.3 Å². The van der Waals surface area contributed by atoms with Gasteiger partial charge in [-0.15, -0.1) is 0 Å². The molecule has 0 amide bonds. The molecule has 3 saturated carbocycles. The van der Waals surface area contributed by atoms with Gasteiger partial charge < -0.3 is 28.8 Å². The predicted octanol–water partition coefficient (Wildman–Crippen LogP) is 3.56. The number of rotatable bonds is 9. The third-order valence-electron chi connectivity index (χ3n) is 10.5. The zero-order chi connectivity index (χ0) is 24.5. The molecule has 1 aromatic rings. The molecule has 196 valence electrons. The normalized spacial score (nSPS) is 39.1. The SMILES string of the molecule is COCOc1ccc2c3c1O[C@H]1[C@@]4(CC/C4=C\CO)CC[C@@]4(OCOC)[C@@H](C2)N(CC2CC2)CC[C@]314. The summed E-state index contributed by atoms with van der Waals surface area (Å²) in [5, 5.41) is 9.85. The molecule has 0 unspecified atom stereocenters. The summed E-state index contributed by atoms with van der Waals surface area (Å²) in [7, 11) is 3.38. The Hall–Kier alpha value is -1.64. The van der Waals surface area contributed by atoms with Crippen LogP contribution in [0.4, 0.5) is 0 Å². The minimum Gasteiger partial charge on any atom is -0.484 e. The first-order valence-corrected chi connectivity index (χ1v) is 13.8. The van der Waals surface area contributed by atoms with E-state index in [2.05, 4.69) is 17.0 Å². The lowest BCUT2D eigenvalue weighted by Gasteiger charge is -2.69. The van der Waals surface area contributed by atoms with Gasteiger partial charge in [0.15, 0.2) is 18.3 Å². The van der Waals surface area contributed by atoms with Gasteiger partial charge in [-0.2, -0.15) is 0 Å². The van der Waals surface area contributed by atoms with Gasteiger partial charge in [-0.25, -0.2) is 0 Å². The number of hydrogen-bond donors (Lipinski definition) is 1. The first-order valence-electron chi connectivity index (χ1n) is 13.8. The second-order valence-electron chi connectivity index (χ2n) is 11.9. The summed E-state index contributed by atoms with van der Waals surface area (Å²) in [5.41, 5.74) is 3.36. The van der Waals surface area contributed by atoms with E-state index in [9.17, 15) is 5.11 Å². The number of nitrogens with zero attached hydrogens (tertiary/aromatic N) is 1. The van der Waals surface area contributed by atoms with Crippen molar-refractivity contribution < 1.29 is 28.8 Å². The second-order valence-corrected chi connectivity index (χ2v) is 11.9. The maximum atomic E-state index is 9.85. The van der Waals surface area contributed by atoms with Gasteiger partial charge in [0.25, 0.3) is 0 Å². The molecule has 1 N–H and O–H groups in total. The highest BCUT2D eigenvalue weighted by Crippen LogP contribution is 2.73. The number of methoxy groups -OCH3 is 2. The van der Waals surface area contributed by atoms with Crippen LogP contribution >= 0.6 is 0 Å². The van der Waals surface area contributed by atoms with Gasteiger partial charge in [-0.3, -0.25) is 4.90 Å². The molecule has 7 rings (SSSR count). The van der Waals surface area contributed by atoms with Crippen molar-refractivity contribution in [2.45, 2.75) is 74.5 Å². The second kappa shape index (κ2) is 8.43. The minimum absolute atomic E-state index is 0.0333. The summed E-state index contributed by atoms with van der Waals surface area (Å²) in [4.78, 5) is 2.75. The van der Waals surface area contributed by atoms with E-state index in [-0.39, 0.29) is 35.9 Å². The average Bonchev–Trinajstić information content (AvgIpc) is 3.63. The van der Waals surface area contributed by atoms with Gasteiger partial charge in [0.05, 0.1) is 12.0 Å². The summed E-state index contributed by atoms with van der Waals surface area (Å²) in [5.74, 6) is 2.49. The molecule has 6 aliphatic rings. The molecule has 2 aliphatic heterocycles. The van der Waals surface area contributed by atoms with Crippen LogP contribution in [-0.4, -0.2) is 75.3 Å². The van der Waals surface area contributed by atoms with Gasteiger partial charge in [-0.1, -0.05) is 17.7 Å². The maximum absolute atomic E-state index is 9.85. The third kappa shape index (κ3) is 2.92. The highest BCUT2D eigenvalue weighted by Gasteiger charge is 2.78. The number of hydrogen-bond acceptors (Lipinski definition) is 7. The number of benzene rings is 1. The van der Waals surface area contributed by atoms with E-state index in [1.54, 1.807) is 14.2 Å². The van der Waals surface area contributed by atoms with Crippen LogP contribution in [0.5, 0.6) is 11.5 Å². The highest BCUT2D eigenvalue weighted by atomic mass is 16.7. The van der Waals surface area contributed by atoms with Crippen molar-refractivity contribution in [1.82, 2.24) is 4.90 Å². The first-order chi connectivity index (χ1) is 17.6. The van der Waals surface area contributed by atoms with E-state index in [0.717, 1.165) is 62.5 Å². The van der Waals surface area contributed by atoms with Crippen LogP contribution in [0.2, 0.25) is 0 Å².